The van der Waals surface area contributed by atoms with Crippen LogP contribution in [0.5, 0.6) is 0 Å². The van der Waals surface area contributed by atoms with Gasteiger partial charge < -0.3 is 19.3 Å². The van der Waals surface area contributed by atoms with Gasteiger partial charge >= 0.3 is 0 Å². The van der Waals surface area contributed by atoms with E-state index in [1.807, 2.05) is 63.3 Å². The third kappa shape index (κ3) is 4.64. The van der Waals surface area contributed by atoms with Crippen molar-refractivity contribution in [3.8, 4) is 0 Å². The van der Waals surface area contributed by atoms with Gasteiger partial charge in [0.2, 0.25) is 0 Å². The molecule has 21 heavy (non-hydrogen) atoms. The molecule has 2 rings (SSSR count). The second kappa shape index (κ2) is 7.18. The van der Waals surface area contributed by atoms with E-state index in [1.54, 1.807) is 0 Å². The Balaban J connectivity index is 1.85. The Morgan fingerprint density at radius 1 is 1.29 bits per heavy atom. The minimum absolute atomic E-state index is 0.215. The number of aliphatic hydroxyl groups excluding tert-OH is 1. The van der Waals surface area contributed by atoms with E-state index in [9.17, 15) is 5.11 Å². The number of aliphatic hydroxyl groups is 1. The molecule has 3 atom stereocenters. The number of hydrogen-bond acceptors (Lipinski definition) is 4. The Morgan fingerprint density at radius 3 is 2.67 bits per heavy atom. The standard InChI is InChI=1S/C17H24O4/c1-4-8-15-16(21-17(2,3)20-15)14(18)12-19-11-13-9-6-5-7-10-13/h4-10,14-16,18H,11-12H2,1-3H3/b8-4-/t14-,15-,16+/m0/s1. The van der Waals surface area contributed by atoms with Crippen molar-refractivity contribution in [2.75, 3.05) is 6.61 Å². The maximum absolute atomic E-state index is 10.3. The summed E-state index contributed by atoms with van der Waals surface area (Å²) in [4.78, 5) is 0. The number of hydrogen-bond donors (Lipinski definition) is 1. The quantitative estimate of drug-likeness (QED) is 0.819. The monoisotopic (exact) mass is 292 g/mol. The number of benzene rings is 1. The van der Waals surface area contributed by atoms with Crippen molar-refractivity contribution in [1.82, 2.24) is 0 Å². The fourth-order valence-corrected chi connectivity index (χ4v) is 2.42. The first-order valence-corrected chi connectivity index (χ1v) is 7.30. The highest BCUT2D eigenvalue weighted by Gasteiger charge is 2.43. The molecular weight excluding hydrogens is 268 g/mol. The van der Waals surface area contributed by atoms with E-state index in [0.717, 1.165) is 5.56 Å². The number of ether oxygens (including phenoxy) is 3. The zero-order valence-electron chi connectivity index (χ0n) is 12.9. The maximum atomic E-state index is 10.3. The lowest BCUT2D eigenvalue weighted by molar-refractivity contribution is -0.157. The molecule has 1 N–H and O–H groups in total. The second-order valence-electron chi connectivity index (χ2n) is 5.66. The van der Waals surface area contributed by atoms with Gasteiger partial charge in [-0.15, -0.1) is 0 Å². The smallest absolute Gasteiger partial charge is 0.164 e. The molecule has 4 nitrogen and oxygen atoms in total. The van der Waals surface area contributed by atoms with Gasteiger partial charge in [-0.1, -0.05) is 42.5 Å². The normalized spacial score (nSPS) is 26.3. The molecule has 1 aliphatic rings. The van der Waals surface area contributed by atoms with Crippen LogP contribution in [0.25, 0.3) is 0 Å². The topological polar surface area (TPSA) is 47.9 Å². The van der Waals surface area contributed by atoms with Gasteiger partial charge in [0.05, 0.1) is 13.2 Å². The molecule has 1 fully saturated rings. The molecule has 0 aliphatic carbocycles. The Kier molecular flexibility index (Phi) is 5.53. The Morgan fingerprint density at radius 2 is 2.00 bits per heavy atom. The molecule has 0 bridgehead atoms. The molecule has 0 aromatic heterocycles. The summed E-state index contributed by atoms with van der Waals surface area (Å²) < 4.78 is 17.1. The summed E-state index contributed by atoms with van der Waals surface area (Å²) in [5, 5.41) is 10.3. The van der Waals surface area contributed by atoms with Crippen LogP contribution in [0, 0.1) is 0 Å². The average molecular weight is 292 g/mol. The van der Waals surface area contributed by atoms with Crippen LogP contribution in [0.2, 0.25) is 0 Å². The van der Waals surface area contributed by atoms with Gasteiger partial charge in [-0.25, -0.2) is 0 Å². The van der Waals surface area contributed by atoms with Crippen LogP contribution in [0.3, 0.4) is 0 Å². The van der Waals surface area contributed by atoms with Gasteiger partial charge in [-0.3, -0.25) is 0 Å². The molecule has 0 spiro atoms. The minimum Gasteiger partial charge on any atom is -0.388 e. The third-order valence-corrected chi connectivity index (χ3v) is 3.33. The van der Waals surface area contributed by atoms with Crippen molar-refractivity contribution < 1.29 is 19.3 Å². The van der Waals surface area contributed by atoms with Gasteiger partial charge in [0.1, 0.15) is 18.3 Å². The van der Waals surface area contributed by atoms with Gasteiger partial charge in [-0.2, -0.15) is 0 Å². The van der Waals surface area contributed by atoms with Gasteiger partial charge in [-0.05, 0) is 26.3 Å². The zero-order valence-corrected chi connectivity index (χ0v) is 12.9. The SMILES string of the molecule is C/C=C\[C@@H]1OC(C)(C)O[C@@H]1[C@@H](O)COCc1ccccc1. The van der Waals surface area contributed by atoms with Crippen molar-refractivity contribution >= 4 is 0 Å². The van der Waals surface area contributed by atoms with E-state index in [1.165, 1.54) is 0 Å². The van der Waals surface area contributed by atoms with Crippen LogP contribution in [0.15, 0.2) is 42.5 Å². The lowest BCUT2D eigenvalue weighted by Gasteiger charge is -2.21. The molecule has 0 amide bonds. The Bertz CT molecular complexity index is 455. The van der Waals surface area contributed by atoms with E-state index in [2.05, 4.69) is 0 Å². The summed E-state index contributed by atoms with van der Waals surface area (Å²) in [5.74, 6) is -0.685. The predicted molar refractivity (Wildman–Crippen MR) is 80.7 cm³/mol. The molecule has 116 valence electrons. The average Bonchev–Trinajstić information content (AvgIpc) is 2.75. The summed E-state index contributed by atoms with van der Waals surface area (Å²) in [7, 11) is 0. The summed E-state index contributed by atoms with van der Waals surface area (Å²) in [6, 6.07) is 9.88. The van der Waals surface area contributed by atoms with Crippen molar-refractivity contribution in [1.29, 1.82) is 0 Å². The van der Waals surface area contributed by atoms with Crippen LogP contribution in [-0.2, 0) is 20.8 Å². The molecule has 1 saturated heterocycles. The van der Waals surface area contributed by atoms with Gasteiger partial charge in [0.25, 0.3) is 0 Å². The van der Waals surface area contributed by atoms with Crippen LogP contribution in [-0.4, -0.2) is 35.8 Å². The van der Waals surface area contributed by atoms with Crippen molar-refractivity contribution in [3.63, 3.8) is 0 Å². The molecule has 1 aromatic carbocycles. The first-order chi connectivity index (χ1) is 10.0. The van der Waals surface area contributed by atoms with E-state index in [-0.39, 0.29) is 12.7 Å². The second-order valence-corrected chi connectivity index (χ2v) is 5.66. The molecule has 1 heterocycles. The van der Waals surface area contributed by atoms with Crippen molar-refractivity contribution in [3.05, 3.63) is 48.0 Å². The summed E-state index contributed by atoms with van der Waals surface area (Å²) in [6.07, 6.45) is 2.42. The van der Waals surface area contributed by atoms with Crippen LogP contribution in [0.4, 0.5) is 0 Å². The highest BCUT2D eigenvalue weighted by atomic mass is 16.8. The maximum Gasteiger partial charge on any atom is 0.164 e. The fourth-order valence-electron chi connectivity index (χ4n) is 2.42. The molecule has 1 aliphatic heterocycles. The molecular formula is C17H24O4. The van der Waals surface area contributed by atoms with Crippen molar-refractivity contribution in [2.45, 2.75) is 51.5 Å². The molecule has 0 radical (unpaired) electrons. The van der Waals surface area contributed by atoms with Crippen LogP contribution < -0.4 is 0 Å². The Hall–Kier alpha value is -1.20. The number of allylic oxidation sites excluding steroid dienone is 1. The van der Waals surface area contributed by atoms with Gasteiger partial charge in [0, 0.05) is 0 Å². The lowest BCUT2D eigenvalue weighted by atomic mass is 10.1. The van der Waals surface area contributed by atoms with E-state index >= 15 is 0 Å². The largest absolute Gasteiger partial charge is 0.388 e. The highest BCUT2D eigenvalue weighted by molar-refractivity contribution is 5.13. The summed E-state index contributed by atoms with van der Waals surface area (Å²) in [5.41, 5.74) is 1.08. The minimum atomic E-state index is -0.725. The number of rotatable bonds is 6. The lowest BCUT2D eigenvalue weighted by Crippen LogP contribution is -2.37. The third-order valence-electron chi connectivity index (χ3n) is 3.33. The summed E-state index contributed by atoms with van der Waals surface area (Å²) in [6.45, 7) is 6.31. The van der Waals surface area contributed by atoms with Gasteiger partial charge in [0.15, 0.2) is 5.79 Å². The molecule has 0 saturated carbocycles. The van der Waals surface area contributed by atoms with Crippen molar-refractivity contribution in [2.24, 2.45) is 0 Å². The highest BCUT2D eigenvalue weighted by Crippen LogP contribution is 2.30. The zero-order chi connectivity index (χ0) is 15.3. The molecule has 0 unspecified atom stereocenters. The van der Waals surface area contributed by atoms with Crippen LogP contribution in [0.1, 0.15) is 26.3 Å². The summed E-state index contributed by atoms with van der Waals surface area (Å²) >= 11 is 0. The van der Waals surface area contributed by atoms with Crippen LogP contribution >= 0.6 is 0 Å². The van der Waals surface area contributed by atoms with E-state index in [4.69, 9.17) is 14.2 Å². The Labute approximate surface area is 126 Å². The fraction of sp³-hybridized carbons (Fsp3) is 0.529. The first-order valence-electron chi connectivity index (χ1n) is 7.30. The first kappa shape index (κ1) is 16.2. The van der Waals surface area contributed by atoms with E-state index < -0.39 is 18.0 Å². The predicted octanol–water partition coefficient (Wildman–Crippen LogP) is 2.66. The molecule has 4 heteroatoms. The van der Waals surface area contributed by atoms with E-state index in [0.29, 0.717) is 6.61 Å². The molecule has 1 aromatic rings.